The van der Waals surface area contributed by atoms with Gasteiger partial charge in [-0.2, -0.15) is 0 Å². The van der Waals surface area contributed by atoms with Gasteiger partial charge in [-0.05, 0) is 12.8 Å². The van der Waals surface area contributed by atoms with Gasteiger partial charge in [0.05, 0.1) is 0 Å². The maximum atomic E-state index is 10.2. The zero-order chi connectivity index (χ0) is 11.5. The van der Waals surface area contributed by atoms with E-state index in [0.717, 1.165) is 32.1 Å². The summed E-state index contributed by atoms with van der Waals surface area (Å²) in [6, 6.07) is 0. The van der Waals surface area contributed by atoms with Gasteiger partial charge in [0.1, 0.15) is 6.10 Å². The molecule has 0 saturated heterocycles. The molecule has 1 unspecified atom stereocenters. The molecule has 90 valence electrons. The van der Waals surface area contributed by atoms with Crippen molar-refractivity contribution in [3.05, 3.63) is 10.1 Å². The van der Waals surface area contributed by atoms with E-state index in [2.05, 4.69) is 11.8 Å². The van der Waals surface area contributed by atoms with E-state index in [1.807, 2.05) is 6.92 Å². The van der Waals surface area contributed by atoms with Gasteiger partial charge in [0, 0.05) is 0 Å². The quantitative estimate of drug-likeness (QED) is 0.318. The summed E-state index contributed by atoms with van der Waals surface area (Å²) in [6.45, 7) is 4.20. The molecular formula is C11H23NO3. The topological polar surface area (TPSA) is 52.4 Å². The smallest absolute Gasteiger partial charge is 0.294 e. The first-order valence-electron chi connectivity index (χ1n) is 6.01. The van der Waals surface area contributed by atoms with Crippen LogP contribution in [-0.2, 0) is 4.84 Å². The first kappa shape index (κ1) is 14.2. The van der Waals surface area contributed by atoms with E-state index < -0.39 is 5.09 Å². The highest BCUT2D eigenvalue weighted by Gasteiger charge is 2.11. The second-order valence-corrected chi connectivity index (χ2v) is 3.94. The lowest BCUT2D eigenvalue weighted by Gasteiger charge is -2.13. The lowest BCUT2D eigenvalue weighted by atomic mass is 10.1. The summed E-state index contributed by atoms with van der Waals surface area (Å²) < 4.78 is 0. The molecule has 0 aromatic heterocycles. The molecule has 0 aromatic rings. The molecule has 4 nitrogen and oxygen atoms in total. The van der Waals surface area contributed by atoms with Crippen LogP contribution in [0.5, 0.6) is 0 Å². The van der Waals surface area contributed by atoms with E-state index in [1.54, 1.807) is 0 Å². The Hall–Kier alpha value is -0.800. The highest BCUT2D eigenvalue weighted by atomic mass is 17.0. The van der Waals surface area contributed by atoms with Crippen LogP contribution >= 0.6 is 0 Å². The lowest BCUT2D eigenvalue weighted by Crippen LogP contribution is -2.16. The second kappa shape index (κ2) is 9.74. The van der Waals surface area contributed by atoms with Gasteiger partial charge in [0.2, 0.25) is 0 Å². The summed E-state index contributed by atoms with van der Waals surface area (Å²) in [4.78, 5) is 14.8. The largest absolute Gasteiger partial charge is 0.311 e. The molecular weight excluding hydrogens is 194 g/mol. The Bertz CT molecular complexity index is 162. The van der Waals surface area contributed by atoms with Crippen LogP contribution < -0.4 is 0 Å². The molecule has 0 aromatic carbocycles. The average Bonchev–Trinajstić information content (AvgIpc) is 2.17. The molecule has 0 radical (unpaired) electrons. The molecule has 1 atom stereocenters. The predicted molar refractivity (Wildman–Crippen MR) is 60.2 cm³/mol. The van der Waals surface area contributed by atoms with Crippen molar-refractivity contribution in [1.82, 2.24) is 0 Å². The lowest BCUT2D eigenvalue weighted by molar-refractivity contribution is -0.769. The third kappa shape index (κ3) is 9.50. The average molecular weight is 217 g/mol. The van der Waals surface area contributed by atoms with Gasteiger partial charge in [-0.25, -0.2) is 0 Å². The van der Waals surface area contributed by atoms with E-state index in [9.17, 15) is 10.1 Å². The first-order valence-corrected chi connectivity index (χ1v) is 6.01. The van der Waals surface area contributed by atoms with Crippen LogP contribution in [0.25, 0.3) is 0 Å². The van der Waals surface area contributed by atoms with Crippen molar-refractivity contribution in [2.75, 3.05) is 0 Å². The van der Waals surface area contributed by atoms with Crippen molar-refractivity contribution in [3.63, 3.8) is 0 Å². The van der Waals surface area contributed by atoms with Gasteiger partial charge in [-0.15, -0.1) is 10.1 Å². The summed E-state index contributed by atoms with van der Waals surface area (Å²) in [5, 5.41) is 9.54. The fourth-order valence-corrected chi connectivity index (χ4v) is 1.67. The Morgan fingerprint density at radius 1 is 1.07 bits per heavy atom. The Labute approximate surface area is 92.1 Å². The number of unbranched alkanes of at least 4 members (excludes halogenated alkanes) is 4. The second-order valence-electron chi connectivity index (χ2n) is 3.94. The van der Waals surface area contributed by atoms with Crippen molar-refractivity contribution >= 4 is 0 Å². The van der Waals surface area contributed by atoms with Gasteiger partial charge in [0.15, 0.2) is 0 Å². The maximum absolute atomic E-state index is 10.2. The number of hydrogen-bond donors (Lipinski definition) is 0. The van der Waals surface area contributed by atoms with Crippen molar-refractivity contribution < 1.29 is 9.92 Å². The van der Waals surface area contributed by atoms with Gasteiger partial charge >= 0.3 is 0 Å². The molecule has 0 aliphatic carbocycles. The Balaban J connectivity index is 3.52. The van der Waals surface area contributed by atoms with Crippen molar-refractivity contribution in [1.29, 1.82) is 0 Å². The standard InChI is InChI=1S/C11H23NO3/c1-3-5-6-7-8-10-11(9-4-2)15-12(13)14/h11H,3-10H2,1-2H3. The molecule has 0 saturated carbocycles. The third-order valence-electron chi connectivity index (χ3n) is 2.48. The summed E-state index contributed by atoms with van der Waals surface area (Å²) in [5.41, 5.74) is 0. The van der Waals surface area contributed by atoms with Crippen LogP contribution in [0.2, 0.25) is 0 Å². The normalized spacial score (nSPS) is 12.4. The molecule has 0 N–H and O–H groups in total. The van der Waals surface area contributed by atoms with E-state index >= 15 is 0 Å². The highest BCUT2D eigenvalue weighted by molar-refractivity contribution is 4.56. The van der Waals surface area contributed by atoms with Crippen LogP contribution in [0.3, 0.4) is 0 Å². The van der Waals surface area contributed by atoms with Gasteiger partial charge < -0.3 is 4.84 Å². The molecule has 0 fully saturated rings. The number of rotatable bonds is 10. The van der Waals surface area contributed by atoms with Gasteiger partial charge in [-0.3, -0.25) is 0 Å². The van der Waals surface area contributed by atoms with E-state index in [4.69, 9.17) is 0 Å². The minimum atomic E-state index is -0.660. The van der Waals surface area contributed by atoms with Crippen LogP contribution in [0.15, 0.2) is 0 Å². The van der Waals surface area contributed by atoms with Gasteiger partial charge in [0.25, 0.3) is 5.09 Å². The third-order valence-corrected chi connectivity index (χ3v) is 2.48. The molecule has 15 heavy (non-hydrogen) atoms. The van der Waals surface area contributed by atoms with E-state index in [-0.39, 0.29) is 6.10 Å². The summed E-state index contributed by atoms with van der Waals surface area (Å²) in [5.74, 6) is 0. The fourth-order valence-electron chi connectivity index (χ4n) is 1.67. The van der Waals surface area contributed by atoms with Crippen LogP contribution in [-0.4, -0.2) is 11.2 Å². The van der Waals surface area contributed by atoms with Crippen molar-refractivity contribution in [2.24, 2.45) is 0 Å². The van der Waals surface area contributed by atoms with Crippen LogP contribution in [0.4, 0.5) is 0 Å². The molecule has 4 heteroatoms. The Morgan fingerprint density at radius 2 is 1.73 bits per heavy atom. The number of hydrogen-bond acceptors (Lipinski definition) is 3. The minimum absolute atomic E-state index is 0.188. The monoisotopic (exact) mass is 217 g/mol. The predicted octanol–water partition coefficient (Wildman–Crippen LogP) is 3.72. The summed E-state index contributed by atoms with van der Waals surface area (Å²) in [6.07, 6.45) is 8.27. The SMILES string of the molecule is CCCCCCCC(CCC)O[N+](=O)[O-]. The Morgan fingerprint density at radius 3 is 2.27 bits per heavy atom. The molecule has 0 rings (SSSR count). The Kier molecular flexibility index (Phi) is 9.22. The highest BCUT2D eigenvalue weighted by Crippen LogP contribution is 2.13. The number of nitrogens with zero attached hydrogens (tertiary/aromatic N) is 1. The molecule has 0 spiro atoms. The molecule has 0 bridgehead atoms. The van der Waals surface area contributed by atoms with Gasteiger partial charge in [-0.1, -0.05) is 52.4 Å². The van der Waals surface area contributed by atoms with E-state index in [1.165, 1.54) is 19.3 Å². The minimum Gasteiger partial charge on any atom is -0.311 e. The maximum Gasteiger partial charge on any atom is 0.294 e. The van der Waals surface area contributed by atoms with Crippen LogP contribution in [0, 0.1) is 10.1 Å². The summed E-state index contributed by atoms with van der Waals surface area (Å²) in [7, 11) is 0. The molecule has 0 aliphatic rings. The molecule has 0 heterocycles. The zero-order valence-electron chi connectivity index (χ0n) is 9.91. The van der Waals surface area contributed by atoms with Crippen molar-refractivity contribution in [2.45, 2.75) is 71.3 Å². The first-order chi connectivity index (χ1) is 7.20. The molecule has 0 aliphatic heterocycles. The molecule has 0 amide bonds. The van der Waals surface area contributed by atoms with E-state index in [0.29, 0.717) is 0 Å². The van der Waals surface area contributed by atoms with Crippen LogP contribution in [0.1, 0.15) is 65.2 Å². The zero-order valence-corrected chi connectivity index (χ0v) is 9.91. The fraction of sp³-hybridized carbons (Fsp3) is 1.00. The van der Waals surface area contributed by atoms with Crippen molar-refractivity contribution in [3.8, 4) is 0 Å². The summed E-state index contributed by atoms with van der Waals surface area (Å²) >= 11 is 0.